The third kappa shape index (κ3) is 3.55. The summed E-state index contributed by atoms with van der Waals surface area (Å²) in [5, 5.41) is 4.21. The molecule has 0 atom stereocenters. The number of carbonyl (C=O) groups excluding carboxylic acids is 1. The number of aryl methyl sites for hydroxylation is 1. The number of aromatic nitrogens is 1. The lowest BCUT2D eigenvalue weighted by molar-refractivity contribution is 0.102. The molecule has 0 unspecified atom stereocenters. The molecule has 0 saturated carbocycles. The molecule has 6 nitrogen and oxygen atoms in total. The summed E-state index contributed by atoms with van der Waals surface area (Å²) >= 11 is 6.03. The van der Waals surface area contributed by atoms with Gasteiger partial charge in [0.2, 0.25) is 10.0 Å². The maximum atomic E-state index is 12.7. The Morgan fingerprint density at radius 2 is 1.89 bits per heavy atom. The molecule has 2 aromatic carbocycles. The van der Waals surface area contributed by atoms with E-state index in [0.717, 1.165) is 10.9 Å². The summed E-state index contributed by atoms with van der Waals surface area (Å²) in [6, 6.07) is 13.9. The number of hydrogen-bond acceptors (Lipinski definition) is 4. The van der Waals surface area contributed by atoms with Gasteiger partial charge in [-0.25, -0.2) is 8.42 Å². The summed E-state index contributed by atoms with van der Waals surface area (Å²) in [5.41, 5.74) is 3.03. The number of nitrogens with one attached hydrogen (secondary N) is 1. The fraction of sp³-hybridized carbons (Fsp3) is 0.200. The van der Waals surface area contributed by atoms with E-state index < -0.39 is 10.0 Å². The lowest BCUT2D eigenvalue weighted by Crippen LogP contribution is -2.25. The second-order valence-electron chi connectivity index (χ2n) is 6.70. The lowest BCUT2D eigenvalue weighted by Gasteiger charge is -2.17. The number of halogens is 1. The molecule has 2 heterocycles. The Morgan fingerprint density at radius 3 is 2.57 bits per heavy atom. The number of benzene rings is 2. The van der Waals surface area contributed by atoms with Crippen LogP contribution in [0.3, 0.4) is 0 Å². The van der Waals surface area contributed by atoms with Crippen molar-refractivity contribution >= 4 is 49.8 Å². The van der Waals surface area contributed by atoms with Gasteiger partial charge in [0, 0.05) is 22.6 Å². The Hall–Kier alpha value is -2.64. The van der Waals surface area contributed by atoms with Gasteiger partial charge in [-0.1, -0.05) is 11.6 Å². The first-order chi connectivity index (χ1) is 13.3. The van der Waals surface area contributed by atoms with Crippen LogP contribution in [0.15, 0.2) is 48.5 Å². The van der Waals surface area contributed by atoms with Gasteiger partial charge in [-0.2, -0.15) is 0 Å². The highest BCUT2D eigenvalue weighted by Gasteiger charge is 2.28. The molecular formula is C20H18ClN3O3S. The van der Waals surface area contributed by atoms with Gasteiger partial charge in [0.25, 0.3) is 5.91 Å². The first-order valence-electron chi connectivity index (χ1n) is 8.82. The van der Waals surface area contributed by atoms with Crippen molar-refractivity contribution in [1.82, 2.24) is 4.98 Å². The highest BCUT2D eigenvalue weighted by atomic mass is 35.5. The summed E-state index contributed by atoms with van der Waals surface area (Å²) in [7, 11) is -3.22. The highest BCUT2D eigenvalue weighted by molar-refractivity contribution is 7.93. The fourth-order valence-electron chi connectivity index (χ4n) is 3.31. The van der Waals surface area contributed by atoms with E-state index in [4.69, 9.17) is 11.6 Å². The van der Waals surface area contributed by atoms with Crippen molar-refractivity contribution in [3.05, 3.63) is 64.8 Å². The Morgan fingerprint density at radius 1 is 1.14 bits per heavy atom. The number of fused-ring (bicyclic) bond motifs is 1. The predicted molar refractivity (Wildman–Crippen MR) is 112 cm³/mol. The van der Waals surface area contributed by atoms with Crippen LogP contribution in [0.4, 0.5) is 11.4 Å². The molecule has 0 bridgehead atoms. The number of sulfonamides is 1. The fourth-order valence-corrected chi connectivity index (χ4v) is 5.06. The minimum absolute atomic E-state index is 0.170. The van der Waals surface area contributed by atoms with Gasteiger partial charge >= 0.3 is 0 Å². The van der Waals surface area contributed by atoms with E-state index in [1.165, 1.54) is 4.31 Å². The Bertz CT molecular complexity index is 1180. The highest BCUT2D eigenvalue weighted by Crippen LogP contribution is 2.26. The maximum Gasteiger partial charge on any atom is 0.257 e. The first-order valence-corrected chi connectivity index (χ1v) is 10.8. The number of rotatable bonds is 3. The molecule has 1 N–H and O–H groups in total. The van der Waals surface area contributed by atoms with E-state index in [9.17, 15) is 13.2 Å². The van der Waals surface area contributed by atoms with Crippen LogP contribution in [0, 0.1) is 6.92 Å². The zero-order valence-corrected chi connectivity index (χ0v) is 16.7. The number of anilines is 2. The van der Waals surface area contributed by atoms with E-state index in [0.29, 0.717) is 40.6 Å². The third-order valence-corrected chi connectivity index (χ3v) is 6.83. The summed E-state index contributed by atoms with van der Waals surface area (Å²) < 4.78 is 25.4. The summed E-state index contributed by atoms with van der Waals surface area (Å²) in [6.45, 7) is 2.27. The molecule has 0 aliphatic carbocycles. The van der Waals surface area contributed by atoms with Crippen LogP contribution in [0.5, 0.6) is 0 Å². The molecule has 28 heavy (non-hydrogen) atoms. The second kappa shape index (κ2) is 7.07. The summed E-state index contributed by atoms with van der Waals surface area (Å²) in [6.07, 6.45) is 0.624. The van der Waals surface area contributed by atoms with E-state index in [1.54, 1.807) is 49.4 Å². The second-order valence-corrected chi connectivity index (χ2v) is 9.15. The normalized spacial score (nSPS) is 15.7. The topological polar surface area (TPSA) is 79.4 Å². The van der Waals surface area contributed by atoms with Gasteiger partial charge in [-0.15, -0.1) is 0 Å². The average Bonchev–Trinajstić information content (AvgIpc) is 3.01. The number of carbonyl (C=O) groups is 1. The molecular weight excluding hydrogens is 398 g/mol. The van der Waals surface area contributed by atoms with Crippen molar-refractivity contribution in [2.45, 2.75) is 13.3 Å². The van der Waals surface area contributed by atoms with E-state index >= 15 is 0 Å². The molecule has 4 rings (SSSR count). The van der Waals surface area contributed by atoms with Crippen molar-refractivity contribution in [3.8, 4) is 0 Å². The maximum absolute atomic E-state index is 12.7. The molecule has 0 spiro atoms. The largest absolute Gasteiger partial charge is 0.322 e. The quantitative estimate of drug-likeness (QED) is 0.701. The van der Waals surface area contributed by atoms with Crippen molar-refractivity contribution in [3.63, 3.8) is 0 Å². The van der Waals surface area contributed by atoms with Crippen LogP contribution in [-0.4, -0.2) is 31.6 Å². The zero-order chi connectivity index (χ0) is 19.9. The first kappa shape index (κ1) is 18.7. The van der Waals surface area contributed by atoms with Crippen LogP contribution in [-0.2, 0) is 10.0 Å². The number of hydrogen-bond donors (Lipinski definition) is 1. The Balaban J connectivity index is 1.57. The van der Waals surface area contributed by atoms with Crippen molar-refractivity contribution in [1.29, 1.82) is 0 Å². The molecule has 144 valence electrons. The predicted octanol–water partition coefficient (Wildman–Crippen LogP) is 3.99. The van der Waals surface area contributed by atoms with Crippen LogP contribution in [0.25, 0.3) is 10.9 Å². The molecule has 1 fully saturated rings. The molecule has 1 aliphatic heterocycles. The zero-order valence-electron chi connectivity index (χ0n) is 15.1. The molecule has 1 aromatic heterocycles. The Labute approximate surface area is 168 Å². The monoisotopic (exact) mass is 415 g/mol. The number of pyridine rings is 1. The molecule has 8 heteroatoms. The third-order valence-electron chi connectivity index (χ3n) is 4.72. The van der Waals surface area contributed by atoms with Gasteiger partial charge in [0.1, 0.15) is 0 Å². The summed E-state index contributed by atoms with van der Waals surface area (Å²) in [4.78, 5) is 17.2. The minimum atomic E-state index is -3.22. The van der Waals surface area contributed by atoms with Gasteiger partial charge in [-0.05, 0) is 61.9 Å². The molecule has 0 radical (unpaired) electrons. The molecule has 3 aromatic rings. The molecule has 1 amide bonds. The van der Waals surface area contributed by atoms with Gasteiger partial charge in [0.15, 0.2) is 0 Å². The smallest absolute Gasteiger partial charge is 0.257 e. The van der Waals surface area contributed by atoms with E-state index in [-0.39, 0.29) is 11.7 Å². The van der Waals surface area contributed by atoms with Gasteiger partial charge in [0.05, 0.1) is 28.2 Å². The lowest BCUT2D eigenvalue weighted by atomic mass is 10.1. The van der Waals surface area contributed by atoms with Crippen LogP contribution >= 0.6 is 11.6 Å². The molecule has 1 saturated heterocycles. The van der Waals surface area contributed by atoms with E-state index in [2.05, 4.69) is 10.3 Å². The standard InChI is InChI=1S/C20H18ClN3O3S/c1-13-18(12-14-11-15(21)3-8-19(14)22-13)20(25)23-16-4-6-17(7-5-16)24-9-2-10-28(24,26)27/h3-8,11-12H,2,9-10H2,1H3,(H,23,25). The van der Waals surface area contributed by atoms with Crippen molar-refractivity contribution < 1.29 is 13.2 Å². The van der Waals surface area contributed by atoms with Crippen LogP contribution in [0.2, 0.25) is 5.02 Å². The van der Waals surface area contributed by atoms with Crippen molar-refractivity contribution in [2.24, 2.45) is 0 Å². The van der Waals surface area contributed by atoms with Gasteiger partial charge < -0.3 is 5.32 Å². The Kier molecular flexibility index (Phi) is 4.72. The summed E-state index contributed by atoms with van der Waals surface area (Å²) in [5.74, 6) is -0.113. The SMILES string of the molecule is Cc1nc2ccc(Cl)cc2cc1C(=O)Nc1ccc(N2CCCS2(=O)=O)cc1. The average molecular weight is 416 g/mol. The number of amides is 1. The van der Waals surface area contributed by atoms with Crippen LogP contribution < -0.4 is 9.62 Å². The van der Waals surface area contributed by atoms with Gasteiger partial charge in [-0.3, -0.25) is 14.1 Å². The molecule has 1 aliphatic rings. The minimum Gasteiger partial charge on any atom is -0.322 e. The van der Waals surface area contributed by atoms with Crippen molar-refractivity contribution in [2.75, 3.05) is 21.9 Å². The van der Waals surface area contributed by atoms with E-state index in [1.807, 2.05) is 6.07 Å². The van der Waals surface area contributed by atoms with Crippen LogP contribution in [0.1, 0.15) is 22.5 Å². The number of nitrogens with zero attached hydrogens (tertiary/aromatic N) is 2.